The van der Waals surface area contributed by atoms with Crippen LogP contribution in [0.4, 0.5) is 13.2 Å². The number of halogens is 3. The van der Waals surface area contributed by atoms with E-state index in [9.17, 15) is 13.2 Å². The molecule has 6 heteroatoms. The van der Waals surface area contributed by atoms with Gasteiger partial charge in [0.05, 0.1) is 4.88 Å². The first kappa shape index (κ1) is 11.2. The molecule has 0 amide bonds. The molecule has 0 aliphatic heterocycles. The lowest BCUT2D eigenvalue weighted by Crippen LogP contribution is -2.04. The summed E-state index contributed by atoms with van der Waals surface area (Å²) in [5.41, 5.74) is 1.58. The van der Waals surface area contributed by atoms with Gasteiger partial charge in [-0.15, -0.1) is 11.3 Å². The SMILES string of the molecule is Cc1csc(-c2cc(C(F)(F)F)[nH]n2)c1C. The van der Waals surface area contributed by atoms with E-state index in [0.717, 1.165) is 22.1 Å². The second kappa shape index (κ2) is 3.62. The summed E-state index contributed by atoms with van der Waals surface area (Å²) in [7, 11) is 0. The molecule has 0 saturated heterocycles. The molecule has 0 saturated carbocycles. The minimum atomic E-state index is -4.37. The van der Waals surface area contributed by atoms with Crippen LogP contribution in [-0.2, 0) is 6.18 Å². The van der Waals surface area contributed by atoms with E-state index in [0.29, 0.717) is 5.69 Å². The first-order valence-electron chi connectivity index (χ1n) is 4.57. The van der Waals surface area contributed by atoms with Crippen LogP contribution in [0.15, 0.2) is 11.4 Å². The predicted octanol–water partition coefficient (Wildman–Crippen LogP) is 3.77. The van der Waals surface area contributed by atoms with Crippen LogP contribution in [0.1, 0.15) is 16.8 Å². The minimum absolute atomic E-state index is 0.350. The zero-order valence-electron chi connectivity index (χ0n) is 8.64. The zero-order chi connectivity index (χ0) is 11.9. The average molecular weight is 246 g/mol. The van der Waals surface area contributed by atoms with Crippen LogP contribution in [0.2, 0.25) is 0 Å². The summed E-state index contributed by atoms with van der Waals surface area (Å²) in [6, 6.07) is 1.04. The summed E-state index contributed by atoms with van der Waals surface area (Å²) in [4.78, 5) is 0.782. The summed E-state index contributed by atoms with van der Waals surface area (Å²) < 4.78 is 37.1. The van der Waals surface area contributed by atoms with Gasteiger partial charge in [0.2, 0.25) is 0 Å². The van der Waals surface area contributed by atoms with E-state index in [1.54, 1.807) is 0 Å². The smallest absolute Gasteiger partial charge is 0.273 e. The highest BCUT2D eigenvalue weighted by Crippen LogP contribution is 2.34. The Morgan fingerprint density at radius 3 is 2.44 bits per heavy atom. The van der Waals surface area contributed by atoms with Crippen molar-refractivity contribution in [1.82, 2.24) is 10.2 Å². The van der Waals surface area contributed by atoms with Crippen molar-refractivity contribution in [1.29, 1.82) is 0 Å². The largest absolute Gasteiger partial charge is 0.432 e. The molecule has 16 heavy (non-hydrogen) atoms. The molecule has 2 heterocycles. The van der Waals surface area contributed by atoms with Crippen LogP contribution in [-0.4, -0.2) is 10.2 Å². The molecule has 0 aliphatic carbocycles. The summed E-state index contributed by atoms with van der Waals surface area (Å²) in [6.45, 7) is 3.80. The third kappa shape index (κ3) is 1.84. The number of aromatic amines is 1. The molecule has 0 radical (unpaired) electrons. The van der Waals surface area contributed by atoms with Gasteiger partial charge in [-0.3, -0.25) is 5.10 Å². The maximum Gasteiger partial charge on any atom is 0.432 e. The Bertz CT molecular complexity index is 510. The molecular weight excluding hydrogens is 237 g/mol. The van der Waals surface area contributed by atoms with Crippen LogP contribution in [0.3, 0.4) is 0 Å². The van der Waals surface area contributed by atoms with Gasteiger partial charge in [-0.05, 0) is 36.4 Å². The van der Waals surface area contributed by atoms with Crippen molar-refractivity contribution in [2.75, 3.05) is 0 Å². The third-order valence-corrected chi connectivity index (χ3v) is 3.62. The number of alkyl halides is 3. The Kier molecular flexibility index (Phi) is 2.53. The van der Waals surface area contributed by atoms with Crippen molar-refractivity contribution in [2.45, 2.75) is 20.0 Å². The molecular formula is C10H9F3N2S. The van der Waals surface area contributed by atoms with Crippen LogP contribution in [0.25, 0.3) is 10.6 Å². The van der Waals surface area contributed by atoms with E-state index >= 15 is 0 Å². The van der Waals surface area contributed by atoms with Gasteiger partial charge < -0.3 is 0 Å². The normalized spacial score (nSPS) is 12.1. The Morgan fingerprint density at radius 1 is 1.31 bits per heavy atom. The second-order valence-electron chi connectivity index (χ2n) is 3.54. The Labute approximate surface area is 94.1 Å². The summed E-state index contributed by atoms with van der Waals surface area (Å²) in [5.74, 6) is 0. The van der Waals surface area contributed by atoms with Gasteiger partial charge in [-0.25, -0.2) is 0 Å². The van der Waals surface area contributed by atoms with E-state index in [4.69, 9.17) is 0 Å². The molecule has 2 aromatic heterocycles. The minimum Gasteiger partial charge on any atom is -0.273 e. The van der Waals surface area contributed by atoms with E-state index in [1.165, 1.54) is 11.3 Å². The molecule has 0 fully saturated rings. The highest BCUT2D eigenvalue weighted by molar-refractivity contribution is 7.13. The molecule has 2 aromatic rings. The number of nitrogens with zero attached hydrogens (tertiary/aromatic N) is 1. The fourth-order valence-corrected chi connectivity index (χ4v) is 2.37. The van der Waals surface area contributed by atoms with Gasteiger partial charge in [-0.2, -0.15) is 18.3 Å². The van der Waals surface area contributed by atoms with E-state index in [2.05, 4.69) is 5.10 Å². The van der Waals surface area contributed by atoms with Crippen LogP contribution in [0, 0.1) is 13.8 Å². The molecule has 86 valence electrons. The van der Waals surface area contributed by atoms with Gasteiger partial charge in [0.25, 0.3) is 0 Å². The van der Waals surface area contributed by atoms with Crippen molar-refractivity contribution in [3.8, 4) is 10.6 Å². The number of hydrogen-bond donors (Lipinski definition) is 1. The lowest BCUT2D eigenvalue weighted by atomic mass is 10.1. The van der Waals surface area contributed by atoms with Crippen molar-refractivity contribution in [2.24, 2.45) is 0 Å². The van der Waals surface area contributed by atoms with Crippen molar-refractivity contribution in [3.05, 3.63) is 28.3 Å². The van der Waals surface area contributed by atoms with E-state index < -0.39 is 11.9 Å². The van der Waals surface area contributed by atoms with E-state index in [-0.39, 0.29) is 0 Å². The monoisotopic (exact) mass is 246 g/mol. The fraction of sp³-hybridized carbons (Fsp3) is 0.300. The van der Waals surface area contributed by atoms with Crippen molar-refractivity contribution >= 4 is 11.3 Å². The lowest BCUT2D eigenvalue weighted by Gasteiger charge is -1.99. The summed E-state index contributed by atoms with van der Waals surface area (Å²) in [5, 5.41) is 7.61. The number of nitrogens with one attached hydrogen (secondary N) is 1. The number of H-pyrrole nitrogens is 1. The summed E-state index contributed by atoms with van der Waals surface area (Å²) in [6.07, 6.45) is -4.37. The van der Waals surface area contributed by atoms with Crippen molar-refractivity contribution in [3.63, 3.8) is 0 Å². The quantitative estimate of drug-likeness (QED) is 0.815. The Balaban J connectivity index is 2.43. The number of aromatic nitrogens is 2. The second-order valence-corrected chi connectivity index (χ2v) is 4.42. The highest BCUT2D eigenvalue weighted by atomic mass is 32.1. The molecule has 0 atom stereocenters. The topological polar surface area (TPSA) is 28.7 Å². The molecule has 2 rings (SSSR count). The number of thiophene rings is 1. The van der Waals surface area contributed by atoms with Crippen LogP contribution >= 0.6 is 11.3 Å². The van der Waals surface area contributed by atoms with Gasteiger partial charge >= 0.3 is 6.18 Å². The van der Waals surface area contributed by atoms with Crippen LogP contribution in [0.5, 0.6) is 0 Å². The van der Waals surface area contributed by atoms with Crippen LogP contribution < -0.4 is 0 Å². The zero-order valence-corrected chi connectivity index (χ0v) is 9.46. The first-order valence-corrected chi connectivity index (χ1v) is 5.45. The van der Waals surface area contributed by atoms with E-state index in [1.807, 2.05) is 24.3 Å². The number of hydrogen-bond acceptors (Lipinski definition) is 2. The third-order valence-electron chi connectivity index (χ3n) is 2.40. The maximum absolute atomic E-state index is 12.4. The van der Waals surface area contributed by atoms with Gasteiger partial charge in [0.1, 0.15) is 11.4 Å². The average Bonchev–Trinajstić information content (AvgIpc) is 2.74. The maximum atomic E-state index is 12.4. The standard InChI is InChI=1S/C10H9F3N2S/c1-5-4-16-9(6(5)2)7-3-8(15-14-7)10(11,12)13/h3-4H,1-2H3,(H,14,15). The first-order chi connectivity index (χ1) is 7.39. The molecule has 0 aliphatic rings. The molecule has 2 nitrogen and oxygen atoms in total. The van der Waals surface area contributed by atoms with Gasteiger partial charge in [-0.1, -0.05) is 0 Å². The predicted molar refractivity (Wildman–Crippen MR) is 56.4 cm³/mol. The summed E-state index contributed by atoms with van der Waals surface area (Å²) >= 11 is 1.40. The van der Waals surface area contributed by atoms with Gasteiger partial charge in [0.15, 0.2) is 0 Å². The number of rotatable bonds is 1. The molecule has 0 spiro atoms. The molecule has 0 bridgehead atoms. The highest BCUT2D eigenvalue weighted by Gasteiger charge is 2.33. The Hall–Kier alpha value is -1.30. The lowest BCUT2D eigenvalue weighted by molar-refractivity contribution is -0.141. The Morgan fingerprint density at radius 2 is 2.00 bits per heavy atom. The van der Waals surface area contributed by atoms with Crippen molar-refractivity contribution < 1.29 is 13.2 Å². The number of aryl methyl sites for hydroxylation is 1. The molecule has 0 unspecified atom stereocenters. The molecule has 1 N–H and O–H groups in total. The fourth-order valence-electron chi connectivity index (χ4n) is 1.34. The van der Waals surface area contributed by atoms with Gasteiger partial charge in [0, 0.05) is 0 Å². The molecule has 0 aromatic carbocycles.